The molecule has 0 heterocycles. The highest BCUT2D eigenvalue weighted by Crippen LogP contribution is 2.00. The Morgan fingerprint density at radius 3 is 2.48 bits per heavy atom. The second-order valence-electron chi connectivity index (χ2n) is 4.87. The normalized spacial score (nSPS) is 12.0. The Morgan fingerprint density at radius 1 is 1.10 bits per heavy atom. The molecule has 124 valence electrons. The number of unbranched alkanes of at least 4 members (excludes halogenated alkanes) is 1. The van der Waals surface area contributed by atoms with Crippen LogP contribution >= 0.6 is 0 Å². The van der Waals surface area contributed by atoms with Gasteiger partial charge in [0.2, 0.25) is 11.8 Å². The summed E-state index contributed by atoms with van der Waals surface area (Å²) in [6, 6.07) is -0.160. The van der Waals surface area contributed by atoms with E-state index in [2.05, 4.69) is 21.3 Å². The molecule has 0 aliphatic rings. The van der Waals surface area contributed by atoms with Crippen molar-refractivity contribution in [3.05, 3.63) is 0 Å². The molecule has 0 aromatic rings. The van der Waals surface area contributed by atoms with Gasteiger partial charge in [0.15, 0.2) is 0 Å². The first kappa shape index (κ1) is 19.8. The molecule has 0 spiro atoms. The van der Waals surface area contributed by atoms with Crippen LogP contribution in [0.15, 0.2) is 0 Å². The smallest absolute Gasteiger partial charge is 0.237 e. The van der Waals surface area contributed by atoms with Crippen LogP contribution < -0.4 is 27.0 Å². The molecule has 0 aromatic carbocycles. The molecule has 0 aliphatic carbocycles. The lowest BCUT2D eigenvalue weighted by Crippen LogP contribution is -2.44. The maximum absolute atomic E-state index is 11.7. The Kier molecular flexibility index (Phi) is 13.0. The molecular weight excluding hydrogens is 270 g/mol. The first-order valence-corrected chi connectivity index (χ1v) is 7.78. The summed E-state index contributed by atoms with van der Waals surface area (Å²) in [5.74, 6) is 0.0870. The molecule has 6 N–H and O–H groups in total. The van der Waals surface area contributed by atoms with Crippen LogP contribution in [-0.2, 0) is 9.59 Å². The number of rotatable bonds is 13. The molecule has 0 fully saturated rings. The van der Waals surface area contributed by atoms with Gasteiger partial charge < -0.3 is 27.0 Å². The van der Waals surface area contributed by atoms with E-state index in [0.717, 1.165) is 25.8 Å². The van der Waals surface area contributed by atoms with Gasteiger partial charge in [0.1, 0.15) is 0 Å². The Balaban J connectivity index is 3.55. The summed E-state index contributed by atoms with van der Waals surface area (Å²) in [5.41, 5.74) is 5.35. The number of amides is 2. The van der Waals surface area contributed by atoms with Crippen molar-refractivity contribution < 1.29 is 9.59 Å². The first-order valence-electron chi connectivity index (χ1n) is 7.78. The minimum Gasteiger partial charge on any atom is -0.356 e. The first-order chi connectivity index (χ1) is 10.2. The fourth-order valence-corrected chi connectivity index (χ4v) is 1.94. The highest BCUT2D eigenvalue weighted by molar-refractivity contribution is 5.81. The molecule has 1 atom stereocenters. The zero-order chi connectivity index (χ0) is 15.9. The van der Waals surface area contributed by atoms with Crippen molar-refractivity contribution in [1.82, 2.24) is 21.3 Å². The average molecular weight is 301 g/mol. The number of likely N-dealkylation sites (N-methyl/N-ethyl adjacent to an activating group) is 1. The third-order valence-electron chi connectivity index (χ3n) is 3.11. The Bertz CT molecular complexity index is 287. The van der Waals surface area contributed by atoms with Crippen LogP contribution in [0.1, 0.15) is 32.6 Å². The predicted octanol–water partition coefficient (Wildman–Crippen LogP) is -1.06. The van der Waals surface area contributed by atoms with Crippen LogP contribution in [-0.4, -0.2) is 57.6 Å². The van der Waals surface area contributed by atoms with E-state index in [0.29, 0.717) is 32.6 Å². The van der Waals surface area contributed by atoms with Gasteiger partial charge in [0.25, 0.3) is 0 Å². The molecule has 7 heteroatoms. The quantitative estimate of drug-likeness (QED) is 0.279. The number of carbonyl (C=O) groups is 2. The van der Waals surface area contributed by atoms with Crippen LogP contribution in [0.2, 0.25) is 0 Å². The van der Waals surface area contributed by atoms with Gasteiger partial charge in [0.05, 0.1) is 6.04 Å². The third-order valence-corrected chi connectivity index (χ3v) is 3.11. The molecule has 0 radical (unpaired) electrons. The van der Waals surface area contributed by atoms with Crippen molar-refractivity contribution in [2.24, 2.45) is 5.73 Å². The fourth-order valence-electron chi connectivity index (χ4n) is 1.94. The standard InChI is InChI=1S/C14H31N5O2/c1-3-18-13(20)7-10-17-9-5-4-6-12(16-2)14(21)19-11-8-15/h12,16-17H,3-11,15H2,1-2H3,(H,18,20)(H,19,21). The van der Waals surface area contributed by atoms with E-state index in [1.807, 2.05) is 6.92 Å². The molecular formula is C14H31N5O2. The minimum atomic E-state index is -0.160. The monoisotopic (exact) mass is 301 g/mol. The van der Waals surface area contributed by atoms with E-state index in [1.54, 1.807) is 7.05 Å². The molecule has 7 nitrogen and oxygen atoms in total. The zero-order valence-corrected chi connectivity index (χ0v) is 13.3. The maximum Gasteiger partial charge on any atom is 0.237 e. The number of nitrogens with one attached hydrogen (secondary N) is 4. The van der Waals surface area contributed by atoms with E-state index in [1.165, 1.54) is 0 Å². The lowest BCUT2D eigenvalue weighted by molar-refractivity contribution is -0.123. The highest BCUT2D eigenvalue weighted by atomic mass is 16.2. The summed E-state index contributed by atoms with van der Waals surface area (Å²) in [5, 5.41) is 11.8. The van der Waals surface area contributed by atoms with Gasteiger partial charge in [-0.05, 0) is 33.4 Å². The molecule has 0 aliphatic heterocycles. The van der Waals surface area contributed by atoms with Crippen LogP contribution in [0.25, 0.3) is 0 Å². The van der Waals surface area contributed by atoms with Crippen LogP contribution in [0.4, 0.5) is 0 Å². The van der Waals surface area contributed by atoms with Gasteiger partial charge >= 0.3 is 0 Å². The van der Waals surface area contributed by atoms with Crippen LogP contribution in [0, 0.1) is 0 Å². The van der Waals surface area contributed by atoms with Crippen molar-refractivity contribution in [2.45, 2.75) is 38.6 Å². The van der Waals surface area contributed by atoms with Crippen LogP contribution in [0.5, 0.6) is 0 Å². The van der Waals surface area contributed by atoms with Crippen molar-refractivity contribution in [2.75, 3.05) is 39.8 Å². The van der Waals surface area contributed by atoms with Gasteiger partial charge in [0, 0.05) is 32.6 Å². The maximum atomic E-state index is 11.7. The van der Waals surface area contributed by atoms with Crippen molar-refractivity contribution >= 4 is 11.8 Å². The molecule has 2 amide bonds. The van der Waals surface area contributed by atoms with E-state index in [4.69, 9.17) is 5.73 Å². The second-order valence-corrected chi connectivity index (χ2v) is 4.87. The molecule has 21 heavy (non-hydrogen) atoms. The van der Waals surface area contributed by atoms with Gasteiger partial charge in [-0.15, -0.1) is 0 Å². The molecule has 1 unspecified atom stereocenters. The second kappa shape index (κ2) is 13.8. The van der Waals surface area contributed by atoms with Gasteiger partial charge in [-0.1, -0.05) is 6.42 Å². The molecule has 0 aromatic heterocycles. The number of hydrogen-bond donors (Lipinski definition) is 5. The summed E-state index contributed by atoms with van der Waals surface area (Å²) in [6.07, 6.45) is 3.24. The summed E-state index contributed by atoms with van der Waals surface area (Å²) >= 11 is 0. The predicted molar refractivity (Wildman–Crippen MR) is 84.9 cm³/mol. The van der Waals surface area contributed by atoms with Gasteiger partial charge in [-0.25, -0.2) is 0 Å². The largest absolute Gasteiger partial charge is 0.356 e. The summed E-state index contributed by atoms with van der Waals surface area (Å²) < 4.78 is 0. The Morgan fingerprint density at radius 2 is 1.86 bits per heavy atom. The van der Waals surface area contributed by atoms with Crippen LogP contribution in [0.3, 0.4) is 0 Å². The summed E-state index contributed by atoms with van der Waals surface area (Å²) in [7, 11) is 1.79. The van der Waals surface area contributed by atoms with E-state index in [9.17, 15) is 9.59 Å². The van der Waals surface area contributed by atoms with E-state index >= 15 is 0 Å². The zero-order valence-electron chi connectivity index (χ0n) is 13.3. The lowest BCUT2D eigenvalue weighted by atomic mass is 10.1. The van der Waals surface area contributed by atoms with Crippen molar-refractivity contribution in [1.29, 1.82) is 0 Å². The van der Waals surface area contributed by atoms with E-state index in [-0.39, 0.29) is 17.9 Å². The molecule has 0 bridgehead atoms. The summed E-state index contributed by atoms with van der Waals surface area (Å²) in [4.78, 5) is 23.0. The molecule has 0 saturated carbocycles. The minimum absolute atomic E-state index is 0.00662. The lowest BCUT2D eigenvalue weighted by Gasteiger charge is -2.15. The fraction of sp³-hybridized carbons (Fsp3) is 0.857. The van der Waals surface area contributed by atoms with Crippen molar-refractivity contribution in [3.8, 4) is 0 Å². The van der Waals surface area contributed by atoms with Gasteiger partial charge in [-0.2, -0.15) is 0 Å². The SMILES string of the molecule is CCNC(=O)CCNCCCCC(NC)C(=O)NCCN. The topological polar surface area (TPSA) is 108 Å². The Labute approximate surface area is 127 Å². The highest BCUT2D eigenvalue weighted by Gasteiger charge is 2.14. The Hall–Kier alpha value is -1.18. The number of hydrogen-bond acceptors (Lipinski definition) is 5. The molecule has 0 rings (SSSR count). The number of nitrogens with two attached hydrogens (primary N) is 1. The van der Waals surface area contributed by atoms with E-state index < -0.39 is 0 Å². The third kappa shape index (κ3) is 11.2. The average Bonchev–Trinajstić information content (AvgIpc) is 2.48. The van der Waals surface area contributed by atoms with Crippen molar-refractivity contribution in [3.63, 3.8) is 0 Å². The molecule has 0 saturated heterocycles. The number of carbonyl (C=O) groups excluding carboxylic acids is 2. The summed E-state index contributed by atoms with van der Waals surface area (Å²) in [6.45, 7) is 5.11. The van der Waals surface area contributed by atoms with Gasteiger partial charge in [-0.3, -0.25) is 9.59 Å².